The number of thioether (sulfide) groups is 1. The summed E-state index contributed by atoms with van der Waals surface area (Å²) in [4.78, 5) is 1.84. The van der Waals surface area contributed by atoms with E-state index in [2.05, 4.69) is 66.7 Å². The van der Waals surface area contributed by atoms with Crippen LogP contribution in [0.1, 0.15) is 233 Å². The van der Waals surface area contributed by atoms with Gasteiger partial charge in [0.05, 0.1) is 12.0 Å². The number of nitrogens with zero attached hydrogens (tertiary/aromatic N) is 1. The van der Waals surface area contributed by atoms with E-state index in [1.807, 2.05) is 4.91 Å². The van der Waals surface area contributed by atoms with Gasteiger partial charge in [0.25, 0.3) is 0 Å². The average Bonchev–Trinajstić information content (AvgIpc) is 3.87. The summed E-state index contributed by atoms with van der Waals surface area (Å²) in [5, 5.41) is 24.9. The van der Waals surface area contributed by atoms with Crippen molar-refractivity contribution >= 4 is 11.8 Å². The highest BCUT2D eigenvalue weighted by Crippen LogP contribution is 2.66. The van der Waals surface area contributed by atoms with Crippen molar-refractivity contribution in [1.29, 1.82) is 5.26 Å². The quantitative estimate of drug-likeness (QED) is 0.161. The number of fused-ring (bicyclic) bond motifs is 6. The molecule has 0 radical (unpaired) electrons. The number of hydrogen-bond acceptors (Lipinski definition) is 5. The van der Waals surface area contributed by atoms with Crippen molar-refractivity contribution in [3.63, 3.8) is 0 Å². The Morgan fingerprint density at radius 2 is 1.47 bits per heavy atom. The molecule has 378 valence electrons. The Kier molecular flexibility index (Phi) is 15.9. The number of nitrogens with one attached hydrogen (secondary N) is 3. The molecule has 11 rings (SSSR count). The largest absolute Gasteiger partial charge is 0.384 e. The Labute approximate surface area is 421 Å². The van der Waals surface area contributed by atoms with Crippen molar-refractivity contribution in [2.75, 3.05) is 6.54 Å². The van der Waals surface area contributed by atoms with Crippen molar-refractivity contribution in [1.82, 2.24) is 16.0 Å². The van der Waals surface area contributed by atoms with Crippen LogP contribution in [0.15, 0.2) is 33.9 Å². The Hall–Kier alpha value is -1.22. The van der Waals surface area contributed by atoms with Gasteiger partial charge in [0, 0.05) is 35.1 Å². The van der Waals surface area contributed by atoms with Gasteiger partial charge < -0.3 is 16.0 Å². The van der Waals surface area contributed by atoms with E-state index in [4.69, 9.17) is 0 Å². The molecule has 4 nitrogen and oxygen atoms in total. The molecule has 0 amide bonds. The molecular formula is C63H100N4S. The summed E-state index contributed by atoms with van der Waals surface area (Å²) in [6, 6.07) is 4.71. The molecule has 0 spiro atoms. The molecule has 5 heteroatoms. The third-order valence-electron chi connectivity index (χ3n) is 23.1. The molecule has 0 bridgehead atoms. The number of allylic oxidation sites excluding steroid dienone is 4. The second-order valence-electron chi connectivity index (χ2n) is 27.0. The maximum atomic E-state index is 10.7. The number of hydrogen-bond donors (Lipinski definition) is 3. The fourth-order valence-electron chi connectivity index (χ4n) is 20.0. The molecule has 3 N–H and O–H groups in total. The lowest BCUT2D eigenvalue weighted by molar-refractivity contribution is -0.00940. The van der Waals surface area contributed by atoms with Gasteiger partial charge in [-0.2, -0.15) is 5.26 Å². The SMILES string of the molecule is CC1=CC(C#N)C(NC2=C(C3CCCCC3)CCCC2)CC1NC1CCC2C3CCCCC3C(C)(C)C2C1C1CCCC(CCC(NCC2CCCCC2)C2CCC=C3SC4CCCCC4C32)C1. The summed E-state index contributed by atoms with van der Waals surface area (Å²) in [5.74, 6) is 10.5. The number of rotatable bonds is 13. The standard InChI is InChI=1S/C63H100N4S/c1-41-36-46(39-64)57(66-54-29-14-11-24-47(54)44-21-8-5-9-22-44)38-56(41)67-55-35-33-49-48-25-10-13-28-52(48)63(2,3)62(49)60(55)45-23-16-20-42(37-45)32-34-53(65-40-43-18-6-4-7-19-43)50-27-17-31-59-61(50)51-26-12-15-30-58(51)68-59/h31,36,42-46,48-53,55-58,60-62,65-67H,4-30,32-35,37-38,40H2,1-3H3. The first kappa shape index (κ1) is 49.0. The van der Waals surface area contributed by atoms with Gasteiger partial charge in [-0.05, 0) is 229 Å². The monoisotopic (exact) mass is 945 g/mol. The zero-order chi connectivity index (χ0) is 46.2. The predicted octanol–water partition coefficient (Wildman–Crippen LogP) is 16.0. The highest BCUT2D eigenvalue weighted by atomic mass is 32.2. The van der Waals surface area contributed by atoms with E-state index in [1.165, 1.54) is 218 Å². The first-order valence-electron chi connectivity index (χ1n) is 30.8. The summed E-state index contributed by atoms with van der Waals surface area (Å²) < 4.78 is 0. The van der Waals surface area contributed by atoms with E-state index in [0.29, 0.717) is 23.5 Å². The Morgan fingerprint density at radius 3 is 2.31 bits per heavy atom. The highest BCUT2D eigenvalue weighted by molar-refractivity contribution is 8.04. The Balaban J connectivity index is 0.829. The van der Waals surface area contributed by atoms with Crippen LogP contribution >= 0.6 is 11.8 Å². The summed E-state index contributed by atoms with van der Waals surface area (Å²) in [7, 11) is 0. The summed E-state index contributed by atoms with van der Waals surface area (Å²) in [5.41, 5.74) is 5.21. The molecule has 10 aliphatic carbocycles. The molecule has 8 fully saturated rings. The van der Waals surface area contributed by atoms with Crippen LogP contribution in [0, 0.1) is 93.7 Å². The first-order chi connectivity index (χ1) is 33.3. The lowest BCUT2D eigenvalue weighted by atomic mass is 9.56. The van der Waals surface area contributed by atoms with Gasteiger partial charge in [0.1, 0.15) is 0 Å². The van der Waals surface area contributed by atoms with E-state index >= 15 is 0 Å². The molecule has 0 aromatic carbocycles. The normalized spacial score (nSPS) is 42.7. The van der Waals surface area contributed by atoms with E-state index in [-0.39, 0.29) is 12.0 Å². The fraction of sp³-hybridized carbons (Fsp3) is 0.889. The van der Waals surface area contributed by atoms with Crippen LogP contribution in [0.25, 0.3) is 0 Å². The van der Waals surface area contributed by atoms with Crippen LogP contribution < -0.4 is 16.0 Å². The second-order valence-corrected chi connectivity index (χ2v) is 28.3. The van der Waals surface area contributed by atoms with E-state index < -0.39 is 0 Å². The van der Waals surface area contributed by atoms with Crippen LogP contribution in [0.5, 0.6) is 0 Å². The van der Waals surface area contributed by atoms with Crippen LogP contribution in [-0.4, -0.2) is 36.0 Å². The summed E-state index contributed by atoms with van der Waals surface area (Å²) >= 11 is 2.35. The van der Waals surface area contributed by atoms with E-state index in [1.54, 1.807) is 11.3 Å². The van der Waals surface area contributed by atoms with Crippen molar-refractivity contribution in [3.05, 3.63) is 33.9 Å². The maximum absolute atomic E-state index is 10.7. The first-order valence-corrected chi connectivity index (χ1v) is 31.6. The molecule has 0 aromatic heterocycles. The van der Waals surface area contributed by atoms with Gasteiger partial charge in [-0.1, -0.05) is 115 Å². The second kappa shape index (κ2) is 22.1. The molecular weight excluding hydrogens is 845 g/mol. The molecule has 1 aliphatic heterocycles. The van der Waals surface area contributed by atoms with Gasteiger partial charge in [-0.3, -0.25) is 0 Å². The van der Waals surface area contributed by atoms with E-state index in [0.717, 1.165) is 82.7 Å². The van der Waals surface area contributed by atoms with Gasteiger partial charge in [-0.15, -0.1) is 11.8 Å². The molecule has 68 heavy (non-hydrogen) atoms. The third-order valence-corrected chi connectivity index (χ3v) is 24.7. The van der Waals surface area contributed by atoms with Crippen LogP contribution in [0.4, 0.5) is 0 Å². The van der Waals surface area contributed by atoms with Gasteiger partial charge in [-0.25, -0.2) is 0 Å². The highest BCUT2D eigenvalue weighted by Gasteiger charge is 2.61. The van der Waals surface area contributed by atoms with Crippen LogP contribution in [-0.2, 0) is 0 Å². The smallest absolute Gasteiger partial charge is 0.0848 e. The topological polar surface area (TPSA) is 59.9 Å². The summed E-state index contributed by atoms with van der Waals surface area (Å²) in [6.07, 6.45) is 51.9. The molecule has 16 unspecified atom stereocenters. The summed E-state index contributed by atoms with van der Waals surface area (Å²) in [6.45, 7) is 9.25. The lowest BCUT2D eigenvalue weighted by Gasteiger charge is -2.52. The maximum Gasteiger partial charge on any atom is 0.0848 e. The minimum absolute atomic E-state index is 0.0358. The van der Waals surface area contributed by atoms with Crippen molar-refractivity contribution < 1.29 is 0 Å². The Bertz CT molecular complexity index is 1830. The van der Waals surface area contributed by atoms with Crippen molar-refractivity contribution in [2.24, 2.45) is 82.3 Å². The average molecular weight is 946 g/mol. The minimum Gasteiger partial charge on any atom is -0.384 e. The minimum atomic E-state index is -0.0358. The molecule has 1 saturated heterocycles. The zero-order valence-electron chi connectivity index (χ0n) is 43.9. The zero-order valence-corrected chi connectivity index (χ0v) is 44.8. The molecule has 11 aliphatic rings. The third kappa shape index (κ3) is 10.2. The molecule has 16 atom stereocenters. The molecule has 1 heterocycles. The predicted molar refractivity (Wildman–Crippen MR) is 287 cm³/mol. The van der Waals surface area contributed by atoms with Crippen molar-refractivity contribution in [2.45, 2.75) is 262 Å². The van der Waals surface area contributed by atoms with Crippen LogP contribution in [0.3, 0.4) is 0 Å². The van der Waals surface area contributed by atoms with E-state index in [9.17, 15) is 5.26 Å². The lowest BCUT2D eigenvalue weighted by Crippen LogP contribution is -2.56. The van der Waals surface area contributed by atoms with Gasteiger partial charge in [0.15, 0.2) is 0 Å². The molecule has 0 aromatic rings. The van der Waals surface area contributed by atoms with Crippen molar-refractivity contribution in [3.8, 4) is 6.07 Å². The number of nitriles is 1. The van der Waals surface area contributed by atoms with Crippen LogP contribution in [0.2, 0.25) is 0 Å². The fourth-order valence-corrected chi connectivity index (χ4v) is 21.8. The van der Waals surface area contributed by atoms with Gasteiger partial charge >= 0.3 is 0 Å². The Morgan fingerprint density at radius 1 is 0.721 bits per heavy atom. The molecule has 7 saturated carbocycles. The van der Waals surface area contributed by atoms with Gasteiger partial charge in [0.2, 0.25) is 0 Å².